The van der Waals surface area contributed by atoms with Crippen LogP contribution in [-0.2, 0) is 20.2 Å². The molecule has 0 saturated heterocycles. The van der Waals surface area contributed by atoms with Gasteiger partial charge in [0.05, 0.1) is 22.0 Å². The second-order valence-corrected chi connectivity index (χ2v) is 9.56. The van der Waals surface area contributed by atoms with Crippen molar-refractivity contribution in [3.8, 4) is 0 Å². The largest absolute Gasteiger partial charge is 0.295 e. The summed E-state index contributed by atoms with van der Waals surface area (Å²) in [5.74, 6) is 0. The molecule has 0 bridgehead atoms. The summed E-state index contributed by atoms with van der Waals surface area (Å²) < 4.78 is 65.2. The normalized spacial score (nSPS) is 12.6. The molecule has 0 aliphatic heterocycles. The highest BCUT2D eigenvalue weighted by Gasteiger charge is 2.16. The van der Waals surface area contributed by atoms with Crippen LogP contribution in [0.3, 0.4) is 0 Å². The van der Waals surface area contributed by atoms with Crippen molar-refractivity contribution in [3.05, 3.63) is 66.7 Å². The minimum absolute atomic E-state index is 0.239. The molecule has 4 aromatic rings. The SMILES string of the molecule is C=Nc1ccc(N=Nc2cccc3c(S(=O)(=O)O)cccc23)c2ccc(S(=O)(=O)O)cc12. The van der Waals surface area contributed by atoms with E-state index in [1.807, 2.05) is 0 Å². The van der Waals surface area contributed by atoms with Gasteiger partial charge >= 0.3 is 0 Å². The van der Waals surface area contributed by atoms with Crippen LogP contribution in [0.2, 0.25) is 0 Å². The number of nitrogens with zero attached hydrogens (tertiary/aromatic N) is 3. The molecule has 0 aliphatic carbocycles. The van der Waals surface area contributed by atoms with Crippen LogP contribution in [0.1, 0.15) is 0 Å². The third-order valence-corrected chi connectivity index (χ3v) is 6.57. The van der Waals surface area contributed by atoms with Gasteiger partial charge in [0.2, 0.25) is 0 Å². The molecule has 9 nitrogen and oxygen atoms in total. The van der Waals surface area contributed by atoms with Crippen LogP contribution < -0.4 is 0 Å². The van der Waals surface area contributed by atoms with Gasteiger partial charge in [-0.15, -0.1) is 10.2 Å². The lowest BCUT2D eigenvalue weighted by molar-refractivity contribution is 0.481. The van der Waals surface area contributed by atoms with Crippen molar-refractivity contribution in [2.24, 2.45) is 15.2 Å². The molecule has 0 amide bonds. The Morgan fingerprint density at radius 3 is 1.88 bits per heavy atom. The lowest BCUT2D eigenvalue weighted by atomic mass is 10.1. The summed E-state index contributed by atoms with van der Waals surface area (Å²) in [4.78, 5) is 3.34. The third kappa shape index (κ3) is 4.01. The predicted molar refractivity (Wildman–Crippen MR) is 121 cm³/mol. The fourth-order valence-electron chi connectivity index (χ4n) is 3.37. The molecule has 32 heavy (non-hydrogen) atoms. The Kier molecular flexibility index (Phi) is 5.34. The molecule has 4 aromatic carbocycles. The summed E-state index contributed by atoms with van der Waals surface area (Å²) in [6.45, 7) is 3.47. The number of benzene rings is 4. The molecule has 0 spiro atoms. The van der Waals surface area contributed by atoms with E-state index in [9.17, 15) is 25.9 Å². The van der Waals surface area contributed by atoms with Gasteiger partial charge in [-0.05, 0) is 43.1 Å². The summed E-state index contributed by atoms with van der Waals surface area (Å²) >= 11 is 0. The molecule has 0 heterocycles. The molecule has 0 radical (unpaired) electrons. The maximum absolute atomic E-state index is 11.7. The minimum atomic E-state index is -4.42. The standard InChI is InChI=1S/C21H15N3O6S2/c1-22-18-10-11-20(15-9-8-13(12-17(15)18)31(25,26)27)24-23-19-6-2-5-16-14(19)4-3-7-21(16)32(28,29)30/h2-12H,1H2,(H,25,26,27)(H,28,29,30). The second-order valence-electron chi connectivity index (χ2n) is 6.75. The average Bonchev–Trinajstić information content (AvgIpc) is 2.75. The molecule has 0 fully saturated rings. The second kappa shape index (κ2) is 7.88. The van der Waals surface area contributed by atoms with Crippen LogP contribution >= 0.6 is 0 Å². The number of fused-ring (bicyclic) bond motifs is 2. The molecule has 0 aliphatic rings. The fraction of sp³-hybridized carbons (Fsp3) is 0. The number of azo groups is 1. The van der Waals surface area contributed by atoms with E-state index in [1.165, 1.54) is 30.3 Å². The molecular weight excluding hydrogens is 454 g/mol. The maximum atomic E-state index is 11.7. The molecule has 4 rings (SSSR count). The van der Waals surface area contributed by atoms with Gasteiger partial charge in [-0.2, -0.15) is 16.8 Å². The van der Waals surface area contributed by atoms with Gasteiger partial charge in [-0.25, -0.2) is 0 Å². The van der Waals surface area contributed by atoms with Gasteiger partial charge in [0.1, 0.15) is 4.90 Å². The van der Waals surface area contributed by atoms with Gasteiger partial charge in [0.15, 0.2) is 0 Å². The average molecular weight is 470 g/mol. The molecule has 11 heteroatoms. The van der Waals surface area contributed by atoms with Crippen molar-refractivity contribution >= 4 is 65.6 Å². The van der Waals surface area contributed by atoms with Gasteiger partial charge < -0.3 is 0 Å². The van der Waals surface area contributed by atoms with Gasteiger partial charge in [-0.3, -0.25) is 14.1 Å². The zero-order valence-corrected chi connectivity index (χ0v) is 17.9. The lowest BCUT2D eigenvalue weighted by Crippen LogP contribution is -1.98. The number of hydrogen-bond acceptors (Lipinski definition) is 7. The number of aliphatic imine (C=N–C) groups is 1. The molecule has 0 aromatic heterocycles. The number of hydrogen-bond donors (Lipinski definition) is 2. The Morgan fingerprint density at radius 2 is 1.22 bits per heavy atom. The van der Waals surface area contributed by atoms with Crippen LogP contribution in [0, 0.1) is 0 Å². The van der Waals surface area contributed by atoms with Crippen molar-refractivity contribution < 1.29 is 25.9 Å². The molecule has 162 valence electrons. The Hall–Kier alpha value is -3.51. The highest BCUT2D eigenvalue weighted by molar-refractivity contribution is 7.86. The van der Waals surface area contributed by atoms with E-state index in [0.29, 0.717) is 38.6 Å². The molecular formula is C21H15N3O6S2. The van der Waals surface area contributed by atoms with Crippen LogP contribution in [0.4, 0.5) is 17.1 Å². The third-order valence-electron chi connectivity index (χ3n) is 4.81. The quantitative estimate of drug-likeness (QED) is 0.232. The highest BCUT2D eigenvalue weighted by Crippen LogP contribution is 2.37. The van der Waals surface area contributed by atoms with E-state index in [4.69, 9.17) is 0 Å². The van der Waals surface area contributed by atoms with Crippen LogP contribution in [0.15, 0.2) is 91.7 Å². The van der Waals surface area contributed by atoms with Crippen LogP contribution in [0.25, 0.3) is 21.5 Å². The first-order valence-corrected chi connectivity index (χ1v) is 11.9. The van der Waals surface area contributed by atoms with Crippen LogP contribution in [-0.4, -0.2) is 32.7 Å². The van der Waals surface area contributed by atoms with Crippen molar-refractivity contribution in [3.63, 3.8) is 0 Å². The summed E-state index contributed by atoms with van der Waals surface area (Å²) in [5, 5.41) is 10.2. The first kappa shape index (κ1) is 21.7. The molecule has 2 N–H and O–H groups in total. The maximum Gasteiger partial charge on any atom is 0.295 e. The Bertz CT molecular complexity index is 1650. The molecule has 0 saturated carbocycles. The van der Waals surface area contributed by atoms with Crippen LogP contribution in [0.5, 0.6) is 0 Å². The monoisotopic (exact) mass is 469 g/mol. The van der Waals surface area contributed by atoms with E-state index in [2.05, 4.69) is 21.9 Å². The predicted octanol–water partition coefficient (Wildman–Crippen LogP) is 5.23. The van der Waals surface area contributed by atoms with Crippen molar-refractivity contribution in [2.75, 3.05) is 0 Å². The van der Waals surface area contributed by atoms with E-state index in [1.54, 1.807) is 36.4 Å². The first-order chi connectivity index (χ1) is 15.1. The number of rotatable bonds is 5. The zero-order chi connectivity index (χ0) is 23.1. The summed E-state index contributed by atoms with van der Waals surface area (Å²) in [6, 6.07) is 16.4. The van der Waals surface area contributed by atoms with Crippen molar-refractivity contribution in [1.82, 2.24) is 0 Å². The Balaban J connectivity index is 1.88. The Labute approximate surface area is 183 Å². The smallest absolute Gasteiger partial charge is 0.282 e. The summed E-state index contributed by atoms with van der Waals surface area (Å²) in [5.41, 5.74) is 1.14. The van der Waals surface area contributed by atoms with Crippen molar-refractivity contribution in [1.29, 1.82) is 0 Å². The first-order valence-electron chi connectivity index (χ1n) is 9.01. The zero-order valence-electron chi connectivity index (χ0n) is 16.2. The van der Waals surface area contributed by atoms with E-state index < -0.39 is 20.2 Å². The topological polar surface area (TPSA) is 146 Å². The minimum Gasteiger partial charge on any atom is -0.282 e. The van der Waals surface area contributed by atoms with Gasteiger partial charge in [-0.1, -0.05) is 30.3 Å². The lowest BCUT2D eigenvalue weighted by Gasteiger charge is -2.07. The fourth-order valence-corrected chi connectivity index (χ4v) is 4.58. The molecule has 0 unspecified atom stereocenters. The summed E-state index contributed by atoms with van der Waals surface area (Å²) in [6.07, 6.45) is 0. The Morgan fingerprint density at radius 1 is 0.625 bits per heavy atom. The van der Waals surface area contributed by atoms with E-state index >= 15 is 0 Å². The van der Waals surface area contributed by atoms with E-state index in [0.717, 1.165) is 0 Å². The molecule has 0 atom stereocenters. The highest BCUT2D eigenvalue weighted by atomic mass is 32.2. The van der Waals surface area contributed by atoms with Crippen molar-refractivity contribution in [2.45, 2.75) is 9.79 Å². The van der Waals surface area contributed by atoms with E-state index in [-0.39, 0.29) is 9.79 Å². The van der Waals surface area contributed by atoms with Gasteiger partial charge in [0, 0.05) is 21.5 Å². The summed E-state index contributed by atoms with van der Waals surface area (Å²) in [7, 11) is -8.84. The van der Waals surface area contributed by atoms with Gasteiger partial charge in [0.25, 0.3) is 20.2 Å².